The molecule has 5 atom stereocenters. The van der Waals surface area contributed by atoms with Gasteiger partial charge in [-0.25, -0.2) is 17.9 Å². The molecule has 3 unspecified atom stereocenters. The number of amides is 1. The first-order valence-electron chi connectivity index (χ1n) is 11.3. The normalized spacial score (nSPS) is 23.4. The summed E-state index contributed by atoms with van der Waals surface area (Å²) in [6.07, 6.45) is -2.01. The van der Waals surface area contributed by atoms with Crippen LogP contribution in [0.4, 0.5) is 13.2 Å². The molecule has 38 heavy (non-hydrogen) atoms. The number of halogens is 4. The third-order valence-corrected chi connectivity index (χ3v) is 7.45. The van der Waals surface area contributed by atoms with Gasteiger partial charge in [0.25, 0.3) is 5.91 Å². The number of ether oxygens (including phenoxy) is 2. The van der Waals surface area contributed by atoms with Gasteiger partial charge in [-0.2, -0.15) is 0 Å². The van der Waals surface area contributed by atoms with Gasteiger partial charge < -0.3 is 24.6 Å². The standard InChI is InChI=1S/C24H24ClF3N4O5S/c1-31(2)23(35)13-5-4-12(25)8-18(13)38-24-22(36-3)20(21(34)17(10-33)37-24)32-9-16(29-30-32)11-6-14(26)19(28)15(27)7-11/h4-9,17,20-22,24,33-34H,10H2,1-3H3/t17?,20?,21-,22?,24+/m0/s1. The fourth-order valence-electron chi connectivity index (χ4n) is 4.10. The first-order chi connectivity index (χ1) is 18.0. The molecule has 1 fully saturated rings. The quantitative estimate of drug-likeness (QED) is 0.416. The summed E-state index contributed by atoms with van der Waals surface area (Å²) in [5.74, 6) is -4.67. The van der Waals surface area contributed by atoms with Crippen molar-refractivity contribution in [3.8, 4) is 11.3 Å². The van der Waals surface area contributed by atoms with Crippen molar-refractivity contribution in [3.63, 3.8) is 0 Å². The smallest absolute Gasteiger partial charge is 0.254 e. The van der Waals surface area contributed by atoms with Crippen molar-refractivity contribution >= 4 is 29.3 Å². The van der Waals surface area contributed by atoms with Gasteiger partial charge in [-0.05, 0) is 30.3 Å². The van der Waals surface area contributed by atoms with Crippen LogP contribution in [0.1, 0.15) is 16.4 Å². The molecule has 4 rings (SSSR count). The number of methoxy groups -OCH3 is 1. The van der Waals surface area contributed by atoms with E-state index in [0.29, 0.717) is 15.5 Å². The molecular formula is C24H24ClF3N4O5S. The average Bonchev–Trinajstić information content (AvgIpc) is 3.37. The Balaban J connectivity index is 1.71. The van der Waals surface area contributed by atoms with E-state index >= 15 is 0 Å². The van der Waals surface area contributed by atoms with Crippen molar-refractivity contribution in [2.24, 2.45) is 0 Å². The van der Waals surface area contributed by atoms with Crippen LogP contribution in [0.5, 0.6) is 0 Å². The van der Waals surface area contributed by atoms with Gasteiger partial charge >= 0.3 is 0 Å². The molecule has 1 aromatic heterocycles. The number of carbonyl (C=O) groups excluding carboxylic acids is 1. The molecule has 0 aliphatic carbocycles. The molecule has 0 bridgehead atoms. The lowest BCUT2D eigenvalue weighted by molar-refractivity contribution is -0.186. The Bertz CT molecular complexity index is 1310. The second-order valence-corrected chi connectivity index (χ2v) is 10.3. The van der Waals surface area contributed by atoms with Gasteiger partial charge in [0.1, 0.15) is 35.5 Å². The molecule has 14 heteroatoms. The van der Waals surface area contributed by atoms with Crippen LogP contribution in [0.2, 0.25) is 5.02 Å². The van der Waals surface area contributed by atoms with Crippen LogP contribution < -0.4 is 0 Å². The fourth-order valence-corrected chi connectivity index (χ4v) is 5.67. The number of hydrogen-bond donors (Lipinski definition) is 2. The number of aliphatic hydroxyl groups is 2. The lowest BCUT2D eigenvalue weighted by Gasteiger charge is -2.43. The molecule has 1 amide bonds. The Morgan fingerprint density at radius 3 is 2.53 bits per heavy atom. The summed E-state index contributed by atoms with van der Waals surface area (Å²) in [7, 11) is 4.60. The van der Waals surface area contributed by atoms with Gasteiger partial charge in [0.15, 0.2) is 17.5 Å². The third kappa shape index (κ3) is 5.53. The van der Waals surface area contributed by atoms with E-state index in [2.05, 4.69) is 10.3 Å². The molecule has 204 valence electrons. The minimum atomic E-state index is -1.61. The number of nitrogens with zero attached hydrogens (tertiary/aromatic N) is 4. The van der Waals surface area contributed by atoms with Gasteiger partial charge in [-0.3, -0.25) is 4.79 Å². The summed E-state index contributed by atoms with van der Waals surface area (Å²) in [4.78, 5) is 14.6. The SMILES string of the molecule is COC1C(n2cc(-c3cc(F)c(F)c(F)c3)nn2)[C@@H](O)C(CO)O[C@@H]1Sc1cc(Cl)ccc1C(=O)N(C)C. The molecule has 0 spiro atoms. The molecule has 1 saturated heterocycles. The number of thioether (sulfide) groups is 1. The Morgan fingerprint density at radius 1 is 1.24 bits per heavy atom. The minimum Gasteiger partial charge on any atom is -0.394 e. The third-order valence-electron chi connectivity index (χ3n) is 6.02. The van der Waals surface area contributed by atoms with E-state index in [9.17, 15) is 28.2 Å². The highest BCUT2D eigenvalue weighted by Gasteiger charge is 2.47. The van der Waals surface area contributed by atoms with Gasteiger partial charge in [0, 0.05) is 36.7 Å². The maximum atomic E-state index is 13.8. The number of aliphatic hydroxyl groups excluding tert-OH is 2. The van der Waals surface area contributed by atoms with Crippen LogP contribution in [0.15, 0.2) is 41.4 Å². The maximum Gasteiger partial charge on any atom is 0.254 e. The summed E-state index contributed by atoms with van der Waals surface area (Å²) in [5.41, 5.74) is -0.575. The van der Waals surface area contributed by atoms with Crippen LogP contribution in [0.3, 0.4) is 0 Å². The highest BCUT2D eigenvalue weighted by atomic mass is 35.5. The van der Waals surface area contributed by atoms with E-state index in [1.54, 1.807) is 32.3 Å². The molecule has 2 heterocycles. The number of benzene rings is 2. The molecule has 1 aliphatic rings. The lowest BCUT2D eigenvalue weighted by atomic mass is 9.97. The number of rotatable bonds is 7. The monoisotopic (exact) mass is 572 g/mol. The number of hydrogen-bond acceptors (Lipinski definition) is 8. The second-order valence-electron chi connectivity index (χ2n) is 8.70. The second kappa shape index (κ2) is 11.6. The van der Waals surface area contributed by atoms with Crippen LogP contribution in [0.25, 0.3) is 11.3 Å². The molecule has 1 aliphatic heterocycles. The van der Waals surface area contributed by atoms with Crippen LogP contribution in [-0.2, 0) is 9.47 Å². The lowest BCUT2D eigenvalue weighted by Crippen LogP contribution is -2.55. The topological polar surface area (TPSA) is 110 Å². The van der Waals surface area contributed by atoms with Crippen LogP contribution in [0, 0.1) is 17.5 Å². The molecule has 3 aromatic rings. The molecule has 0 saturated carbocycles. The van der Waals surface area contributed by atoms with Crippen molar-refractivity contribution in [2.75, 3.05) is 27.8 Å². The van der Waals surface area contributed by atoms with E-state index in [4.69, 9.17) is 21.1 Å². The predicted octanol–water partition coefficient (Wildman–Crippen LogP) is 3.14. The molecule has 2 N–H and O–H groups in total. The number of aromatic nitrogens is 3. The summed E-state index contributed by atoms with van der Waals surface area (Å²) in [6.45, 7) is -0.555. The van der Waals surface area contributed by atoms with Crippen molar-refractivity contribution < 1.29 is 37.7 Å². The van der Waals surface area contributed by atoms with Gasteiger partial charge in [-0.1, -0.05) is 28.6 Å². The van der Waals surface area contributed by atoms with Crippen molar-refractivity contribution in [1.29, 1.82) is 0 Å². The Labute approximate surface area is 225 Å². The Hall–Kier alpha value is -2.68. The number of carbonyl (C=O) groups is 1. The zero-order chi connectivity index (χ0) is 27.7. The highest BCUT2D eigenvalue weighted by Crippen LogP contribution is 2.41. The largest absolute Gasteiger partial charge is 0.394 e. The van der Waals surface area contributed by atoms with Gasteiger partial charge in [0.2, 0.25) is 0 Å². The summed E-state index contributed by atoms with van der Waals surface area (Å²) in [5, 5.41) is 29.2. The maximum absolute atomic E-state index is 13.8. The zero-order valence-electron chi connectivity index (χ0n) is 20.4. The summed E-state index contributed by atoms with van der Waals surface area (Å²) >= 11 is 7.30. The summed E-state index contributed by atoms with van der Waals surface area (Å²) < 4.78 is 53.8. The van der Waals surface area contributed by atoms with Crippen molar-refractivity contribution in [1.82, 2.24) is 19.9 Å². The van der Waals surface area contributed by atoms with E-state index in [0.717, 1.165) is 23.9 Å². The summed E-state index contributed by atoms with van der Waals surface area (Å²) in [6, 6.07) is 5.33. The first-order valence-corrected chi connectivity index (χ1v) is 12.5. The van der Waals surface area contributed by atoms with E-state index < -0.39 is 53.8 Å². The van der Waals surface area contributed by atoms with Crippen LogP contribution >= 0.6 is 23.4 Å². The Morgan fingerprint density at radius 2 is 1.92 bits per heavy atom. The van der Waals surface area contributed by atoms with Crippen LogP contribution in [-0.4, -0.2) is 87.6 Å². The van der Waals surface area contributed by atoms with Gasteiger partial charge in [-0.15, -0.1) is 5.10 Å². The molecule has 2 aromatic carbocycles. The first kappa shape index (κ1) is 28.3. The fraction of sp³-hybridized carbons (Fsp3) is 0.375. The van der Waals surface area contributed by atoms with E-state index in [-0.39, 0.29) is 17.2 Å². The molecular weight excluding hydrogens is 549 g/mol. The van der Waals surface area contributed by atoms with Crippen molar-refractivity contribution in [2.45, 2.75) is 34.7 Å². The molecule has 9 nitrogen and oxygen atoms in total. The zero-order valence-corrected chi connectivity index (χ0v) is 22.0. The minimum absolute atomic E-state index is 0.00908. The predicted molar refractivity (Wildman–Crippen MR) is 132 cm³/mol. The molecule has 0 radical (unpaired) electrons. The Kier molecular flexibility index (Phi) is 8.65. The van der Waals surface area contributed by atoms with Gasteiger partial charge in [0.05, 0.1) is 18.4 Å². The highest BCUT2D eigenvalue weighted by molar-refractivity contribution is 8.00. The van der Waals surface area contributed by atoms with E-state index in [1.807, 2.05) is 0 Å². The van der Waals surface area contributed by atoms with Crippen molar-refractivity contribution in [3.05, 3.63) is 64.6 Å². The van der Waals surface area contributed by atoms with E-state index in [1.165, 1.54) is 22.9 Å². The average molecular weight is 573 g/mol.